The zero-order valence-corrected chi connectivity index (χ0v) is 8.98. The van der Waals surface area contributed by atoms with E-state index in [1.807, 2.05) is 0 Å². The van der Waals surface area contributed by atoms with Gasteiger partial charge in [-0.05, 0) is 28.1 Å². The van der Waals surface area contributed by atoms with E-state index >= 15 is 0 Å². The zero-order chi connectivity index (χ0) is 11.0. The predicted octanol–water partition coefficient (Wildman–Crippen LogP) is 2.51. The third-order valence-corrected chi connectivity index (χ3v) is 2.82. The Morgan fingerprint density at radius 2 is 2.20 bits per heavy atom. The van der Waals surface area contributed by atoms with E-state index in [4.69, 9.17) is 4.74 Å². The van der Waals surface area contributed by atoms with Gasteiger partial charge in [-0.3, -0.25) is 0 Å². The molecular weight excluding hydrogens is 272 g/mol. The van der Waals surface area contributed by atoms with Crippen LogP contribution in [0.4, 0.5) is 13.6 Å². The lowest BCUT2D eigenvalue weighted by Crippen LogP contribution is -2.12. The molecule has 1 fully saturated rings. The lowest BCUT2D eigenvalue weighted by Gasteiger charge is -2.10. The highest BCUT2D eigenvalue weighted by atomic mass is 79.9. The number of nitrogens with one attached hydrogen (secondary N) is 1. The molecule has 2 rings (SSSR count). The Morgan fingerprint density at radius 1 is 1.47 bits per heavy atom. The highest BCUT2D eigenvalue weighted by Crippen LogP contribution is 2.29. The van der Waals surface area contributed by atoms with Gasteiger partial charge in [0.1, 0.15) is 17.7 Å². The second-order valence-corrected chi connectivity index (χ2v) is 3.83. The number of halogens is 3. The van der Waals surface area contributed by atoms with Crippen LogP contribution in [0.15, 0.2) is 16.6 Å². The molecule has 0 saturated carbocycles. The molecule has 0 radical (unpaired) electrons. The average Bonchev–Trinajstić information content (AvgIpc) is 2.61. The highest BCUT2D eigenvalue weighted by Gasteiger charge is 2.28. The van der Waals surface area contributed by atoms with Crippen molar-refractivity contribution in [3.05, 3.63) is 33.8 Å². The fraction of sp³-hybridized carbons (Fsp3) is 0.222. The van der Waals surface area contributed by atoms with Gasteiger partial charge >= 0.3 is 6.09 Å². The maximum absolute atomic E-state index is 13.5. The first-order valence-corrected chi connectivity index (χ1v) is 4.97. The van der Waals surface area contributed by atoms with Crippen molar-refractivity contribution < 1.29 is 18.3 Å². The Kier molecular flexibility index (Phi) is 2.60. The Labute approximate surface area is 92.5 Å². The minimum Gasteiger partial charge on any atom is -0.439 e. The van der Waals surface area contributed by atoms with Crippen LogP contribution >= 0.6 is 15.9 Å². The van der Waals surface area contributed by atoms with Gasteiger partial charge in [0.05, 0.1) is 11.0 Å². The molecule has 1 N–H and O–H groups in total. The van der Waals surface area contributed by atoms with Crippen LogP contribution in [0.5, 0.6) is 0 Å². The van der Waals surface area contributed by atoms with Gasteiger partial charge in [0.15, 0.2) is 0 Å². The second kappa shape index (κ2) is 3.77. The van der Waals surface area contributed by atoms with Crippen LogP contribution in [-0.2, 0) is 4.74 Å². The van der Waals surface area contributed by atoms with Crippen LogP contribution in [0.25, 0.3) is 0 Å². The summed E-state index contributed by atoms with van der Waals surface area (Å²) in [5, 5.41) is 2.39. The first-order valence-electron chi connectivity index (χ1n) is 4.17. The van der Waals surface area contributed by atoms with Crippen molar-refractivity contribution in [3.63, 3.8) is 0 Å². The molecule has 1 aliphatic rings. The SMILES string of the molecule is O=C1NCC(c2ccc(F)c(Br)c2F)O1. The van der Waals surface area contributed by atoms with Crippen molar-refractivity contribution in [1.29, 1.82) is 0 Å². The summed E-state index contributed by atoms with van der Waals surface area (Å²) in [5.41, 5.74) is 0.154. The number of rotatable bonds is 1. The van der Waals surface area contributed by atoms with Crippen LogP contribution in [0.2, 0.25) is 0 Å². The van der Waals surface area contributed by atoms with Crippen LogP contribution in [0.1, 0.15) is 11.7 Å². The molecule has 1 saturated heterocycles. The zero-order valence-electron chi connectivity index (χ0n) is 7.39. The number of alkyl carbamates (subject to hydrolysis) is 1. The van der Waals surface area contributed by atoms with Crippen LogP contribution in [0, 0.1) is 11.6 Å². The summed E-state index contributed by atoms with van der Waals surface area (Å²) >= 11 is 2.78. The van der Waals surface area contributed by atoms with Gasteiger partial charge in [0.2, 0.25) is 0 Å². The summed E-state index contributed by atoms with van der Waals surface area (Å²) in [6.07, 6.45) is -1.30. The summed E-state index contributed by atoms with van der Waals surface area (Å²) in [6, 6.07) is 2.38. The monoisotopic (exact) mass is 277 g/mol. The molecule has 15 heavy (non-hydrogen) atoms. The van der Waals surface area contributed by atoms with E-state index < -0.39 is 23.8 Å². The highest BCUT2D eigenvalue weighted by molar-refractivity contribution is 9.10. The van der Waals surface area contributed by atoms with Gasteiger partial charge in [0, 0.05) is 5.56 Å². The van der Waals surface area contributed by atoms with Crippen molar-refractivity contribution >= 4 is 22.0 Å². The molecule has 0 spiro atoms. The molecule has 3 nitrogen and oxygen atoms in total. The van der Waals surface area contributed by atoms with Crippen LogP contribution in [-0.4, -0.2) is 12.6 Å². The Balaban J connectivity index is 2.37. The molecule has 1 unspecified atom stereocenters. The molecule has 1 aliphatic heterocycles. The Hall–Kier alpha value is -1.17. The molecule has 1 aromatic rings. The third kappa shape index (κ3) is 1.81. The van der Waals surface area contributed by atoms with Crippen molar-refractivity contribution in [2.75, 3.05) is 6.54 Å². The maximum atomic E-state index is 13.5. The summed E-state index contributed by atoms with van der Waals surface area (Å²) < 4.78 is 31.0. The van der Waals surface area contributed by atoms with E-state index in [-0.39, 0.29) is 16.6 Å². The molecule has 6 heteroatoms. The molecule has 1 heterocycles. The molecule has 0 aliphatic carbocycles. The van der Waals surface area contributed by atoms with Crippen LogP contribution in [0.3, 0.4) is 0 Å². The number of amides is 1. The van der Waals surface area contributed by atoms with Crippen LogP contribution < -0.4 is 5.32 Å². The van der Waals surface area contributed by atoms with Gasteiger partial charge in [-0.25, -0.2) is 13.6 Å². The topological polar surface area (TPSA) is 38.3 Å². The molecule has 1 amide bonds. The van der Waals surface area contributed by atoms with E-state index in [0.29, 0.717) is 0 Å². The number of hydrogen-bond donors (Lipinski definition) is 1. The average molecular weight is 278 g/mol. The lowest BCUT2D eigenvalue weighted by molar-refractivity contribution is 0.139. The minimum absolute atomic E-state index is 0.154. The summed E-state index contributed by atoms with van der Waals surface area (Å²) in [5.74, 6) is -1.43. The summed E-state index contributed by atoms with van der Waals surface area (Å²) in [7, 11) is 0. The first kappa shape index (κ1) is 10.4. The number of carbonyl (C=O) groups is 1. The predicted molar refractivity (Wildman–Crippen MR) is 51.3 cm³/mol. The van der Waals surface area contributed by atoms with Gasteiger partial charge in [-0.2, -0.15) is 0 Å². The Bertz CT molecular complexity index is 425. The normalized spacial score (nSPS) is 19.9. The van der Waals surface area contributed by atoms with Gasteiger partial charge in [0.25, 0.3) is 0 Å². The summed E-state index contributed by atoms with van der Waals surface area (Å²) in [6.45, 7) is 0.188. The number of cyclic esters (lactones) is 1. The Morgan fingerprint density at radius 3 is 2.80 bits per heavy atom. The number of benzene rings is 1. The number of carbonyl (C=O) groups excluding carboxylic acids is 1. The van der Waals surface area contributed by atoms with Gasteiger partial charge < -0.3 is 10.1 Å². The standard InChI is InChI=1S/C9H6BrF2NO2/c10-7-5(11)2-1-4(8(7)12)6-3-13-9(14)15-6/h1-2,6H,3H2,(H,13,14). The van der Waals surface area contributed by atoms with Gasteiger partial charge in [-0.15, -0.1) is 0 Å². The van der Waals surface area contributed by atoms with E-state index in [0.717, 1.165) is 6.07 Å². The third-order valence-electron chi connectivity index (χ3n) is 2.09. The van der Waals surface area contributed by atoms with Crippen molar-refractivity contribution in [2.24, 2.45) is 0 Å². The maximum Gasteiger partial charge on any atom is 0.407 e. The fourth-order valence-corrected chi connectivity index (χ4v) is 1.71. The summed E-state index contributed by atoms with van der Waals surface area (Å²) in [4.78, 5) is 10.7. The van der Waals surface area contributed by atoms with E-state index in [1.165, 1.54) is 6.07 Å². The number of hydrogen-bond acceptors (Lipinski definition) is 2. The molecule has 1 aromatic carbocycles. The fourth-order valence-electron chi connectivity index (χ4n) is 1.35. The van der Waals surface area contributed by atoms with Crippen molar-refractivity contribution in [1.82, 2.24) is 5.32 Å². The van der Waals surface area contributed by atoms with Gasteiger partial charge in [-0.1, -0.05) is 0 Å². The van der Waals surface area contributed by atoms with E-state index in [9.17, 15) is 13.6 Å². The van der Waals surface area contributed by atoms with E-state index in [1.54, 1.807) is 0 Å². The second-order valence-electron chi connectivity index (χ2n) is 3.04. The van der Waals surface area contributed by atoms with E-state index in [2.05, 4.69) is 21.2 Å². The van der Waals surface area contributed by atoms with Crippen molar-refractivity contribution in [3.8, 4) is 0 Å². The quantitative estimate of drug-likeness (QED) is 0.801. The molecule has 0 bridgehead atoms. The molecule has 1 atom stereocenters. The smallest absolute Gasteiger partial charge is 0.407 e. The minimum atomic E-state index is -0.739. The molecule has 80 valence electrons. The van der Waals surface area contributed by atoms with Crippen molar-refractivity contribution in [2.45, 2.75) is 6.10 Å². The largest absolute Gasteiger partial charge is 0.439 e. The lowest BCUT2D eigenvalue weighted by atomic mass is 10.1. The molecular formula is C9H6BrF2NO2. The first-order chi connectivity index (χ1) is 7.09. The molecule has 0 aromatic heterocycles. The number of ether oxygens (including phenoxy) is 1.